The Morgan fingerprint density at radius 3 is 1.93 bits per heavy atom. The molecule has 0 amide bonds. The fraction of sp³-hybridized carbons (Fsp3) is 0.105. The van der Waals surface area contributed by atoms with Crippen molar-refractivity contribution in [3.05, 3.63) is 161 Å². The topological polar surface area (TPSA) is 51.1 Å². The molecule has 1 heterocycles. The number of hydrogen-bond donors (Lipinski definition) is 0. The number of hydrogen-bond acceptors (Lipinski definition) is 5. The largest absolute Gasteiger partial charge is 0.497 e. The van der Waals surface area contributed by atoms with Gasteiger partial charge in [-0.2, -0.15) is 5.10 Å². The lowest BCUT2D eigenvalue weighted by atomic mass is 9.71. The molecule has 1 aliphatic carbocycles. The molecule has 2 aliphatic rings. The zero-order valence-corrected chi connectivity index (χ0v) is 24.0. The summed E-state index contributed by atoms with van der Waals surface area (Å²) >= 11 is 0. The quantitative estimate of drug-likeness (QED) is 0.199. The van der Waals surface area contributed by atoms with E-state index in [4.69, 9.17) is 14.6 Å². The van der Waals surface area contributed by atoms with E-state index in [1.807, 2.05) is 114 Å². The Balaban J connectivity index is 1.52. The summed E-state index contributed by atoms with van der Waals surface area (Å²) in [7, 11) is 3.31. The van der Waals surface area contributed by atoms with E-state index in [9.17, 15) is 0 Å². The van der Waals surface area contributed by atoms with E-state index >= 15 is 4.79 Å². The Bertz CT molecular complexity index is 1850. The van der Waals surface area contributed by atoms with Crippen LogP contribution in [0.15, 0.2) is 139 Å². The van der Waals surface area contributed by atoms with Crippen LogP contribution < -0.4 is 14.5 Å². The molecule has 5 nitrogen and oxygen atoms in total. The molecule has 0 bridgehead atoms. The number of ketones is 1. The third-order valence-electron chi connectivity index (χ3n) is 8.40. The van der Waals surface area contributed by atoms with Gasteiger partial charge in [-0.05, 0) is 70.3 Å². The molecule has 210 valence electrons. The van der Waals surface area contributed by atoms with E-state index in [2.05, 4.69) is 30.3 Å². The van der Waals surface area contributed by atoms with Crippen molar-refractivity contribution in [3.63, 3.8) is 0 Å². The minimum Gasteiger partial charge on any atom is -0.497 e. The molecule has 0 saturated heterocycles. The van der Waals surface area contributed by atoms with Crippen LogP contribution in [0.25, 0.3) is 11.6 Å². The Kier molecular flexibility index (Phi) is 6.63. The maximum atomic E-state index is 15.3. The van der Waals surface area contributed by atoms with Crippen LogP contribution in [0, 0.1) is 0 Å². The second-order valence-electron chi connectivity index (χ2n) is 10.7. The molecule has 7 rings (SSSR count). The molecule has 0 N–H and O–H groups in total. The maximum absolute atomic E-state index is 15.3. The summed E-state index contributed by atoms with van der Waals surface area (Å²) in [6.45, 7) is 0. The highest BCUT2D eigenvalue weighted by atomic mass is 16.5. The van der Waals surface area contributed by atoms with Gasteiger partial charge in [0.2, 0.25) is 0 Å². The molecule has 43 heavy (non-hydrogen) atoms. The van der Waals surface area contributed by atoms with Gasteiger partial charge in [-0.1, -0.05) is 97.1 Å². The lowest BCUT2D eigenvalue weighted by molar-refractivity contribution is -0.118. The number of carbonyl (C=O) groups is 1. The molecule has 1 aliphatic heterocycles. The summed E-state index contributed by atoms with van der Waals surface area (Å²) in [5.74, 6) is 1.12. The molecular weight excluding hydrogens is 532 g/mol. The highest BCUT2D eigenvalue weighted by molar-refractivity contribution is 6.36. The van der Waals surface area contributed by atoms with Gasteiger partial charge in [0.25, 0.3) is 0 Å². The SMILES string of the molecule is COc1ccc(/C=C2/C(=O)[C@]3(c4ccccc42)[C@@H](c2ccc(OC)cc2)C(c2ccccc2)=NN3c2ccccc2)cc1. The van der Waals surface area contributed by atoms with Crippen molar-refractivity contribution >= 4 is 28.8 Å². The molecule has 1 spiro atoms. The molecule has 5 heteroatoms. The first kappa shape index (κ1) is 26.5. The number of benzene rings is 5. The van der Waals surface area contributed by atoms with Crippen LogP contribution in [0.4, 0.5) is 5.69 Å². The van der Waals surface area contributed by atoms with E-state index in [1.165, 1.54) is 0 Å². The fourth-order valence-electron chi connectivity index (χ4n) is 6.43. The first-order valence-corrected chi connectivity index (χ1v) is 14.3. The highest BCUT2D eigenvalue weighted by Crippen LogP contribution is 2.58. The number of ether oxygens (including phenoxy) is 2. The summed E-state index contributed by atoms with van der Waals surface area (Å²) < 4.78 is 10.9. The number of nitrogens with zero attached hydrogens (tertiary/aromatic N) is 2. The van der Waals surface area contributed by atoms with Crippen molar-refractivity contribution in [2.75, 3.05) is 19.2 Å². The third kappa shape index (κ3) is 4.24. The second kappa shape index (κ2) is 10.8. The zero-order chi connectivity index (χ0) is 29.4. The third-order valence-corrected chi connectivity index (χ3v) is 8.40. The maximum Gasteiger partial charge on any atom is 0.196 e. The zero-order valence-electron chi connectivity index (χ0n) is 24.0. The minimum absolute atomic E-state index is 0.00358. The van der Waals surface area contributed by atoms with Gasteiger partial charge in [0.05, 0.1) is 31.5 Å². The number of hydrazone groups is 1. The summed E-state index contributed by atoms with van der Waals surface area (Å²) in [6.07, 6.45) is 1.99. The van der Waals surface area contributed by atoms with Gasteiger partial charge < -0.3 is 9.47 Å². The number of rotatable bonds is 6. The normalized spacial score (nSPS) is 19.9. The molecule has 2 atom stereocenters. The van der Waals surface area contributed by atoms with Gasteiger partial charge in [-0.25, -0.2) is 5.01 Å². The Morgan fingerprint density at radius 2 is 1.28 bits per heavy atom. The van der Waals surface area contributed by atoms with Gasteiger partial charge in [0, 0.05) is 5.57 Å². The van der Waals surface area contributed by atoms with Crippen LogP contribution >= 0.6 is 0 Å². The van der Waals surface area contributed by atoms with Crippen LogP contribution in [-0.2, 0) is 10.3 Å². The van der Waals surface area contributed by atoms with Gasteiger partial charge in [-0.15, -0.1) is 0 Å². The predicted molar refractivity (Wildman–Crippen MR) is 172 cm³/mol. The number of anilines is 1. The molecule has 0 aromatic heterocycles. The van der Waals surface area contributed by atoms with Crippen molar-refractivity contribution in [2.24, 2.45) is 5.10 Å². The summed E-state index contributed by atoms with van der Waals surface area (Å²) in [5.41, 5.74) is 5.90. The Labute approximate surface area is 251 Å². The Hall–Kier alpha value is -5.42. The Morgan fingerprint density at radius 1 is 0.698 bits per heavy atom. The number of para-hydroxylation sites is 1. The molecular formula is C38H30N2O3. The molecule has 0 saturated carbocycles. The smallest absolute Gasteiger partial charge is 0.196 e. The average Bonchev–Trinajstić information content (AvgIpc) is 3.56. The van der Waals surface area contributed by atoms with E-state index in [1.54, 1.807) is 14.2 Å². The highest BCUT2D eigenvalue weighted by Gasteiger charge is 2.63. The number of fused-ring (bicyclic) bond motifs is 2. The number of carbonyl (C=O) groups excluding carboxylic acids is 1. The molecule has 5 aromatic carbocycles. The van der Waals surface area contributed by atoms with Crippen molar-refractivity contribution in [2.45, 2.75) is 11.5 Å². The van der Waals surface area contributed by atoms with Crippen LogP contribution in [-0.4, -0.2) is 25.7 Å². The predicted octanol–water partition coefficient (Wildman–Crippen LogP) is 7.73. The van der Waals surface area contributed by atoms with Crippen molar-refractivity contribution in [3.8, 4) is 11.5 Å². The first-order chi connectivity index (χ1) is 21.1. The van der Waals surface area contributed by atoms with Crippen LogP contribution in [0.2, 0.25) is 0 Å². The van der Waals surface area contributed by atoms with Gasteiger partial charge in [-0.3, -0.25) is 4.79 Å². The van der Waals surface area contributed by atoms with Crippen molar-refractivity contribution in [1.82, 2.24) is 0 Å². The lowest BCUT2D eigenvalue weighted by Gasteiger charge is -2.38. The van der Waals surface area contributed by atoms with E-state index in [0.717, 1.165) is 50.7 Å². The van der Waals surface area contributed by atoms with E-state index < -0.39 is 11.5 Å². The molecule has 0 fully saturated rings. The van der Waals surface area contributed by atoms with Crippen LogP contribution in [0.3, 0.4) is 0 Å². The lowest BCUT2D eigenvalue weighted by Crippen LogP contribution is -2.49. The van der Waals surface area contributed by atoms with Gasteiger partial charge in [0.15, 0.2) is 11.3 Å². The van der Waals surface area contributed by atoms with Gasteiger partial charge in [0.1, 0.15) is 11.5 Å². The van der Waals surface area contributed by atoms with Crippen LogP contribution in [0.5, 0.6) is 11.5 Å². The number of methoxy groups -OCH3 is 2. The van der Waals surface area contributed by atoms with E-state index in [-0.39, 0.29) is 5.78 Å². The number of Topliss-reactive ketones (excluding diaryl/α,β-unsaturated/α-hetero) is 1. The van der Waals surface area contributed by atoms with Crippen molar-refractivity contribution < 1.29 is 14.3 Å². The first-order valence-electron chi connectivity index (χ1n) is 14.3. The minimum atomic E-state index is -1.16. The summed E-state index contributed by atoms with van der Waals surface area (Å²) in [4.78, 5) is 15.3. The summed E-state index contributed by atoms with van der Waals surface area (Å²) in [6, 6.07) is 44.1. The molecule has 0 unspecified atom stereocenters. The van der Waals surface area contributed by atoms with E-state index in [0.29, 0.717) is 5.57 Å². The summed E-state index contributed by atoms with van der Waals surface area (Å²) in [5, 5.41) is 7.29. The second-order valence-corrected chi connectivity index (χ2v) is 10.7. The fourth-order valence-corrected chi connectivity index (χ4v) is 6.43. The average molecular weight is 563 g/mol. The standard InChI is InChI=1S/C38H30N2O3/c1-42-30-21-17-26(18-22-30)25-33-32-15-9-10-16-34(32)38(37(33)41)35(27-19-23-31(43-2)24-20-27)36(28-11-5-3-6-12-28)39-40(38)29-13-7-4-8-14-29/h3-25,35H,1-2H3/b33-25+/t35-,38-/m0/s1. The molecule has 0 radical (unpaired) electrons. The molecule has 5 aromatic rings. The monoisotopic (exact) mass is 562 g/mol. The van der Waals surface area contributed by atoms with Crippen molar-refractivity contribution in [1.29, 1.82) is 0 Å². The van der Waals surface area contributed by atoms with Crippen LogP contribution in [0.1, 0.15) is 33.7 Å². The van der Waals surface area contributed by atoms with Gasteiger partial charge >= 0.3 is 0 Å².